The first-order valence-electron chi connectivity index (χ1n) is 7.72. The molecule has 1 aromatic carbocycles. The predicted octanol–water partition coefficient (Wildman–Crippen LogP) is 5.07. The average molecular weight is 294 g/mol. The number of carbonyl (C=O) groups excluding carboxylic acids is 1. The van der Waals surface area contributed by atoms with Crippen molar-refractivity contribution in [3.8, 4) is 0 Å². The molecule has 1 aliphatic heterocycles. The number of anilines is 1. The van der Waals surface area contributed by atoms with Gasteiger partial charge in [0.15, 0.2) is 0 Å². The summed E-state index contributed by atoms with van der Waals surface area (Å²) >= 11 is 6.71. The summed E-state index contributed by atoms with van der Waals surface area (Å²) in [5.41, 5.74) is 3.38. The molecule has 1 aliphatic rings. The van der Waals surface area contributed by atoms with Gasteiger partial charge in [-0.1, -0.05) is 38.8 Å². The molecule has 1 aromatic rings. The number of amides is 1. The van der Waals surface area contributed by atoms with E-state index in [0.717, 1.165) is 12.1 Å². The monoisotopic (exact) mass is 293 g/mol. The van der Waals surface area contributed by atoms with Crippen LogP contribution in [0.25, 0.3) is 0 Å². The highest BCUT2D eigenvalue weighted by Gasteiger charge is 2.22. The summed E-state index contributed by atoms with van der Waals surface area (Å²) < 4.78 is 0. The summed E-state index contributed by atoms with van der Waals surface area (Å²) in [6, 6.07) is 6.26. The van der Waals surface area contributed by atoms with Gasteiger partial charge in [-0.15, -0.1) is 11.6 Å². The third kappa shape index (κ3) is 3.54. The molecular weight excluding hydrogens is 270 g/mol. The van der Waals surface area contributed by atoms with Crippen LogP contribution in [0.1, 0.15) is 62.5 Å². The minimum absolute atomic E-state index is 0.0813. The highest BCUT2D eigenvalue weighted by atomic mass is 35.5. The van der Waals surface area contributed by atoms with E-state index in [4.69, 9.17) is 11.6 Å². The molecule has 0 spiro atoms. The number of alkyl halides is 1. The maximum atomic E-state index is 11.4. The van der Waals surface area contributed by atoms with Crippen molar-refractivity contribution in [1.82, 2.24) is 0 Å². The third-order valence-electron chi connectivity index (χ3n) is 4.08. The van der Waals surface area contributed by atoms with Crippen LogP contribution in [0.2, 0.25) is 0 Å². The van der Waals surface area contributed by atoms with Gasteiger partial charge in [0.05, 0.1) is 5.38 Å². The lowest BCUT2D eigenvalue weighted by Crippen LogP contribution is -2.19. The molecular formula is C17H24ClNO. The summed E-state index contributed by atoms with van der Waals surface area (Å²) in [6.07, 6.45) is 6.11. The average Bonchev–Trinajstić information content (AvgIpc) is 2.45. The van der Waals surface area contributed by atoms with Gasteiger partial charge in [0.25, 0.3) is 0 Å². The summed E-state index contributed by atoms with van der Waals surface area (Å²) in [4.78, 5) is 11.4. The number of hydrogen-bond acceptors (Lipinski definition) is 1. The molecule has 2 nitrogen and oxygen atoms in total. The molecule has 20 heavy (non-hydrogen) atoms. The van der Waals surface area contributed by atoms with Gasteiger partial charge in [0, 0.05) is 12.1 Å². The van der Waals surface area contributed by atoms with E-state index >= 15 is 0 Å². The Kier molecular flexibility index (Phi) is 5.47. The molecule has 0 saturated heterocycles. The fourth-order valence-corrected chi connectivity index (χ4v) is 3.41. The number of nitrogens with one attached hydrogen (secondary N) is 1. The number of hydrogen-bond donors (Lipinski definition) is 1. The molecule has 0 bridgehead atoms. The van der Waals surface area contributed by atoms with Crippen LogP contribution in [-0.2, 0) is 11.2 Å². The Balaban J connectivity index is 2.17. The standard InChI is InChI=1S/C17H24ClNO/c1-3-5-12(6-4-2)17(18)14-7-9-15-13(11-14)8-10-16(20)19-15/h7,9,11-12,17H,3-6,8,10H2,1-2H3,(H,19,20). The Morgan fingerprint density at radius 2 is 1.90 bits per heavy atom. The minimum Gasteiger partial charge on any atom is -0.326 e. The first-order valence-corrected chi connectivity index (χ1v) is 8.16. The van der Waals surface area contributed by atoms with Crippen molar-refractivity contribution < 1.29 is 4.79 Å². The Morgan fingerprint density at radius 3 is 2.55 bits per heavy atom. The highest BCUT2D eigenvalue weighted by molar-refractivity contribution is 6.21. The van der Waals surface area contributed by atoms with Crippen LogP contribution in [0.15, 0.2) is 18.2 Å². The maximum absolute atomic E-state index is 11.4. The van der Waals surface area contributed by atoms with Crippen molar-refractivity contribution in [2.75, 3.05) is 5.32 Å². The van der Waals surface area contributed by atoms with Gasteiger partial charge in [-0.05, 0) is 42.4 Å². The van der Waals surface area contributed by atoms with Gasteiger partial charge in [-0.2, -0.15) is 0 Å². The zero-order chi connectivity index (χ0) is 14.5. The Morgan fingerprint density at radius 1 is 1.20 bits per heavy atom. The van der Waals surface area contributed by atoms with E-state index in [2.05, 4.69) is 31.3 Å². The summed E-state index contributed by atoms with van der Waals surface area (Å²) in [6.45, 7) is 4.43. The van der Waals surface area contributed by atoms with Gasteiger partial charge in [0.1, 0.15) is 0 Å². The van der Waals surface area contributed by atoms with Crippen molar-refractivity contribution in [1.29, 1.82) is 0 Å². The fourth-order valence-electron chi connectivity index (χ4n) is 3.03. The van der Waals surface area contributed by atoms with E-state index in [1.165, 1.54) is 36.8 Å². The SMILES string of the molecule is CCCC(CCC)C(Cl)c1ccc2c(c1)CCC(=O)N2. The number of benzene rings is 1. The van der Waals surface area contributed by atoms with Gasteiger partial charge < -0.3 is 5.32 Å². The second kappa shape index (κ2) is 7.12. The van der Waals surface area contributed by atoms with E-state index in [0.29, 0.717) is 12.3 Å². The summed E-state index contributed by atoms with van der Waals surface area (Å²) in [7, 11) is 0. The van der Waals surface area contributed by atoms with Crippen molar-refractivity contribution in [3.05, 3.63) is 29.3 Å². The van der Waals surface area contributed by atoms with Gasteiger partial charge in [-0.25, -0.2) is 0 Å². The van der Waals surface area contributed by atoms with E-state index in [9.17, 15) is 4.79 Å². The van der Waals surface area contributed by atoms with Crippen LogP contribution in [-0.4, -0.2) is 5.91 Å². The maximum Gasteiger partial charge on any atom is 0.224 e. The topological polar surface area (TPSA) is 29.1 Å². The Labute approximate surface area is 126 Å². The van der Waals surface area contributed by atoms with Crippen molar-refractivity contribution in [2.24, 2.45) is 5.92 Å². The highest BCUT2D eigenvalue weighted by Crippen LogP contribution is 2.37. The van der Waals surface area contributed by atoms with Crippen LogP contribution in [0.5, 0.6) is 0 Å². The molecule has 1 heterocycles. The largest absolute Gasteiger partial charge is 0.326 e. The lowest BCUT2D eigenvalue weighted by atomic mass is 9.89. The molecule has 1 N–H and O–H groups in total. The van der Waals surface area contributed by atoms with Crippen LogP contribution in [0.3, 0.4) is 0 Å². The van der Waals surface area contributed by atoms with E-state index in [1.807, 2.05) is 6.07 Å². The molecule has 0 saturated carbocycles. The van der Waals surface area contributed by atoms with Crippen molar-refractivity contribution >= 4 is 23.2 Å². The van der Waals surface area contributed by atoms with Crippen LogP contribution in [0, 0.1) is 5.92 Å². The van der Waals surface area contributed by atoms with Gasteiger partial charge in [-0.3, -0.25) is 4.79 Å². The zero-order valence-electron chi connectivity index (χ0n) is 12.4. The van der Waals surface area contributed by atoms with Gasteiger partial charge >= 0.3 is 0 Å². The molecule has 110 valence electrons. The molecule has 1 atom stereocenters. The smallest absolute Gasteiger partial charge is 0.224 e. The minimum atomic E-state index is 0.0813. The van der Waals surface area contributed by atoms with Crippen molar-refractivity contribution in [3.63, 3.8) is 0 Å². The number of aryl methyl sites for hydroxylation is 1. The second-order valence-electron chi connectivity index (χ2n) is 5.70. The lowest BCUT2D eigenvalue weighted by molar-refractivity contribution is -0.116. The molecule has 0 radical (unpaired) electrons. The quantitative estimate of drug-likeness (QED) is 0.729. The van der Waals surface area contributed by atoms with Crippen LogP contribution < -0.4 is 5.32 Å². The van der Waals surface area contributed by atoms with Crippen LogP contribution in [0.4, 0.5) is 5.69 Å². The number of carbonyl (C=O) groups is 1. The number of rotatable bonds is 6. The molecule has 3 heteroatoms. The second-order valence-corrected chi connectivity index (χ2v) is 6.17. The molecule has 0 aliphatic carbocycles. The number of fused-ring (bicyclic) bond motifs is 1. The first-order chi connectivity index (χ1) is 9.65. The predicted molar refractivity (Wildman–Crippen MR) is 85.3 cm³/mol. The molecule has 1 unspecified atom stereocenters. The van der Waals surface area contributed by atoms with Crippen LogP contribution >= 0.6 is 11.6 Å². The molecule has 0 aromatic heterocycles. The molecule has 0 fully saturated rings. The molecule has 1 amide bonds. The Hall–Kier alpha value is -1.02. The molecule has 2 rings (SSSR count). The van der Waals surface area contributed by atoms with E-state index in [1.54, 1.807) is 0 Å². The third-order valence-corrected chi connectivity index (χ3v) is 4.68. The number of halogens is 1. The lowest BCUT2D eigenvalue weighted by Gasteiger charge is -2.24. The van der Waals surface area contributed by atoms with E-state index < -0.39 is 0 Å². The van der Waals surface area contributed by atoms with Gasteiger partial charge in [0.2, 0.25) is 5.91 Å². The Bertz CT molecular complexity index is 466. The zero-order valence-corrected chi connectivity index (χ0v) is 13.2. The summed E-state index contributed by atoms with van der Waals surface area (Å²) in [5, 5.41) is 3.00. The van der Waals surface area contributed by atoms with E-state index in [-0.39, 0.29) is 11.3 Å². The fraction of sp³-hybridized carbons (Fsp3) is 0.588. The normalized spacial score (nSPS) is 15.9. The van der Waals surface area contributed by atoms with Crippen molar-refractivity contribution in [2.45, 2.75) is 57.7 Å². The summed E-state index contributed by atoms with van der Waals surface area (Å²) in [5.74, 6) is 0.658. The first kappa shape index (κ1) is 15.4.